The van der Waals surface area contributed by atoms with Crippen LogP contribution >= 0.6 is 0 Å². The summed E-state index contributed by atoms with van der Waals surface area (Å²) in [5, 5.41) is 22.7. The lowest BCUT2D eigenvalue weighted by molar-refractivity contribution is 0.0696. The lowest BCUT2D eigenvalue weighted by Gasteiger charge is -2.38. The van der Waals surface area contributed by atoms with Gasteiger partial charge < -0.3 is 10.2 Å². The van der Waals surface area contributed by atoms with Crippen molar-refractivity contribution in [3.05, 3.63) is 137 Å². The smallest absolute Gasteiger partial charge is 0.0818 e. The quantitative estimate of drug-likeness (QED) is 0.194. The number of hydrogen-bond acceptors (Lipinski definition) is 2. The topological polar surface area (TPSA) is 40.5 Å². The van der Waals surface area contributed by atoms with Crippen LogP contribution in [-0.2, 0) is 12.8 Å². The Kier molecular flexibility index (Phi) is 9.63. The number of allylic oxidation sites excluding steroid dienone is 4. The summed E-state index contributed by atoms with van der Waals surface area (Å²) in [5.41, 5.74) is 8.80. The molecule has 42 heavy (non-hydrogen) atoms. The van der Waals surface area contributed by atoms with Crippen LogP contribution in [0.1, 0.15) is 84.9 Å². The SMILES string of the molecule is C#Cc1ccc([C@@H](O)C2CCC(C(C(=C)C(O)Cc3cccc(CC)c3)c3ccc(C4=CC(C)C=C4)cc3)CC2)cc1. The molecule has 1 saturated carbocycles. The van der Waals surface area contributed by atoms with Crippen LogP contribution in [0.3, 0.4) is 0 Å². The van der Waals surface area contributed by atoms with Crippen LogP contribution in [-0.4, -0.2) is 16.3 Å². The molecule has 216 valence electrons. The maximum absolute atomic E-state index is 11.5. The Morgan fingerprint density at radius 2 is 1.55 bits per heavy atom. The zero-order valence-electron chi connectivity index (χ0n) is 25.0. The van der Waals surface area contributed by atoms with E-state index in [2.05, 4.69) is 93.1 Å². The van der Waals surface area contributed by atoms with Crippen LogP contribution in [0, 0.1) is 30.1 Å². The zero-order chi connectivity index (χ0) is 29.6. The highest BCUT2D eigenvalue weighted by atomic mass is 16.3. The second kappa shape index (κ2) is 13.6. The first-order valence-corrected chi connectivity index (χ1v) is 15.6. The van der Waals surface area contributed by atoms with Gasteiger partial charge in [-0.15, -0.1) is 6.42 Å². The molecule has 0 aromatic heterocycles. The van der Waals surface area contributed by atoms with Crippen molar-refractivity contribution in [2.45, 2.75) is 70.5 Å². The van der Waals surface area contributed by atoms with Gasteiger partial charge >= 0.3 is 0 Å². The van der Waals surface area contributed by atoms with E-state index < -0.39 is 12.2 Å². The first-order chi connectivity index (χ1) is 20.4. The number of terminal acetylenes is 1. The molecule has 0 spiro atoms. The molecule has 0 radical (unpaired) electrons. The van der Waals surface area contributed by atoms with E-state index in [-0.39, 0.29) is 11.8 Å². The van der Waals surface area contributed by atoms with Crippen molar-refractivity contribution >= 4 is 5.57 Å². The maximum Gasteiger partial charge on any atom is 0.0818 e. The molecular weight excluding hydrogens is 512 g/mol. The molecule has 3 aromatic carbocycles. The van der Waals surface area contributed by atoms with Crippen molar-refractivity contribution in [1.29, 1.82) is 0 Å². The standard InChI is InChI=1S/C40H44O2/c1-5-29-11-14-35(15-12-29)40(42)36-22-20-34(21-23-36)39(28(4)38(41)26-31-9-7-8-30(6-2)25-31)33-18-16-32(17-19-33)37-13-10-27(3)24-37/h1,7-19,24-25,27,34,36,38-42H,4,6,20-23,26H2,2-3H3/t27?,34?,36?,38?,39?,40-/m1/s1. The lowest BCUT2D eigenvalue weighted by Crippen LogP contribution is -2.28. The molecule has 3 aromatic rings. The third-order valence-electron chi connectivity index (χ3n) is 9.43. The number of hydrogen-bond donors (Lipinski definition) is 2. The molecule has 2 nitrogen and oxygen atoms in total. The average molecular weight is 557 g/mol. The first kappa shape index (κ1) is 29.8. The van der Waals surface area contributed by atoms with Gasteiger partial charge in [-0.2, -0.15) is 0 Å². The Morgan fingerprint density at radius 3 is 2.17 bits per heavy atom. The van der Waals surface area contributed by atoms with Gasteiger partial charge in [0.05, 0.1) is 12.2 Å². The molecule has 2 heteroatoms. The fraction of sp³-hybridized carbons (Fsp3) is 0.350. The van der Waals surface area contributed by atoms with Gasteiger partial charge in [-0.1, -0.05) is 105 Å². The molecule has 2 aliphatic carbocycles. The van der Waals surface area contributed by atoms with Crippen LogP contribution < -0.4 is 0 Å². The van der Waals surface area contributed by atoms with Crippen molar-refractivity contribution in [3.8, 4) is 12.3 Å². The summed E-state index contributed by atoms with van der Waals surface area (Å²) >= 11 is 0. The van der Waals surface area contributed by atoms with E-state index in [0.717, 1.165) is 54.4 Å². The minimum atomic E-state index is -0.624. The molecule has 0 heterocycles. The molecule has 2 aliphatic rings. The first-order valence-electron chi connectivity index (χ1n) is 15.6. The number of rotatable bonds is 10. The van der Waals surface area contributed by atoms with Crippen molar-refractivity contribution in [2.24, 2.45) is 17.8 Å². The van der Waals surface area contributed by atoms with Gasteiger partial charge in [-0.25, -0.2) is 0 Å². The number of benzene rings is 3. The van der Waals surface area contributed by atoms with E-state index in [9.17, 15) is 10.2 Å². The fourth-order valence-corrected chi connectivity index (χ4v) is 6.90. The van der Waals surface area contributed by atoms with E-state index in [1.54, 1.807) is 0 Å². The summed E-state index contributed by atoms with van der Waals surface area (Å²) in [6.45, 7) is 8.90. The number of aliphatic hydroxyl groups is 2. The third-order valence-corrected chi connectivity index (χ3v) is 9.43. The summed E-state index contributed by atoms with van der Waals surface area (Å²) in [6.07, 6.45) is 16.5. The average Bonchev–Trinajstić information content (AvgIpc) is 3.47. The van der Waals surface area contributed by atoms with E-state index in [0.29, 0.717) is 18.3 Å². The molecule has 0 bridgehead atoms. The van der Waals surface area contributed by atoms with Crippen LogP contribution in [0.15, 0.2) is 103 Å². The highest BCUT2D eigenvalue weighted by Gasteiger charge is 2.35. The van der Waals surface area contributed by atoms with Crippen LogP contribution in [0.5, 0.6) is 0 Å². The molecule has 0 saturated heterocycles. The fourth-order valence-electron chi connectivity index (χ4n) is 6.90. The Hall–Kier alpha value is -3.64. The van der Waals surface area contributed by atoms with Crippen molar-refractivity contribution in [3.63, 3.8) is 0 Å². The summed E-state index contributed by atoms with van der Waals surface area (Å²) < 4.78 is 0. The predicted octanol–water partition coefficient (Wildman–Crippen LogP) is 8.60. The minimum Gasteiger partial charge on any atom is -0.388 e. The monoisotopic (exact) mass is 556 g/mol. The summed E-state index contributed by atoms with van der Waals surface area (Å²) in [7, 11) is 0. The Bertz CT molecular complexity index is 1460. The Morgan fingerprint density at radius 1 is 0.905 bits per heavy atom. The predicted molar refractivity (Wildman–Crippen MR) is 175 cm³/mol. The molecule has 0 aliphatic heterocycles. The minimum absolute atomic E-state index is 0.0587. The van der Waals surface area contributed by atoms with E-state index in [1.807, 2.05) is 24.3 Å². The van der Waals surface area contributed by atoms with Crippen LogP contribution in [0.25, 0.3) is 5.57 Å². The van der Waals surface area contributed by atoms with Gasteiger partial charge in [0, 0.05) is 17.9 Å². The van der Waals surface area contributed by atoms with E-state index in [4.69, 9.17) is 6.42 Å². The van der Waals surface area contributed by atoms with Crippen LogP contribution in [0.2, 0.25) is 0 Å². The van der Waals surface area contributed by atoms with Gasteiger partial charge in [0.2, 0.25) is 0 Å². The van der Waals surface area contributed by atoms with E-state index >= 15 is 0 Å². The zero-order valence-corrected chi connectivity index (χ0v) is 25.0. The summed E-state index contributed by atoms with van der Waals surface area (Å²) in [5.74, 6) is 3.74. The second-order valence-electron chi connectivity index (χ2n) is 12.3. The van der Waals surface area contributed by atoms with Crippen molar-refractivity contribution in [1.82, 2.24) is 0 Å². The Balaban J connectivity index is 1.35. The summed E-state index contributed by atoms with van der Waals surface area (Å²) in [4.78, 5) is 0. The van der Waals surface area contributed by atoms with Crippen LogP contribution in [0.4, 0.5) is 0 Å². The number of aliphatic hydroxyl groups excluding tert-OH is 2. The molecule has 1 fully saturated rings. The highest BCUT2D eigenvalue weighted by Crippen LogP contribution is 2.46. The molecule has 3 unspecified atom stereocenters. The van der Waals surface area contributed by atoms with Gasteiger partial charge in [-0.05, 0) is 101 Å². The molecule has 2 N–H and O–H groups in total. The second-order valence-corrected chi connectivity index (χ2v) is 12.3. The van der Waals surface area contributed by atoms with Crippen molar-refractivity contribution in [2.75, 3.05) is 0 Å². The molecule has 5 rings (SSSR count). The molecule has 0 amide bonds. The Labute approximate surface area is 252 Å². The van der Waals surface area contributed by atoms with Gasteiger partial charge in [0.15, 0.2) is 0 Å². The lowest BCUT2D eigenvalue weighted by atomic mass is 9.68. The highest BCUT2D eigenvalue weighted by molar-refractivity contribution is 5.76. The third kappa shape index (κ3) is 6.87. The van der Waals surface area contributed by atoms with Gasteiger partial charge in [0.1, 0.15) is 0 Å². The van der Waals surface area contributed by atoms with E-state index in [1.165, 1.54) is 22.3 Å². The normalized spacial score (nSPS) is 22.2. The van der Waals surface area contributed by atoms with Gasteiger partial charge in [-0.3, -0.25) is 0 Å². The molecule has 4 atom stereocenters. The summed E-state index contributed by atoms with van der Waals surface area (Å²) in [6, 6.07) is 25.2. The molecular formula is C40H44O2. The maximum atomic E-state index is 11.5. The largest absolute Gasteiger partial charge is 0.388 e. The van der Waals surface area contributed by atoms with Gasteiger partial charge in [0.25, 0.3) is 0 Å². The van der Waals surface area contributed by atoms with Crippen molar-refractivity contribution < 1.29 is 10.2 Å². The number of aryl methyl sites for hydroxylation is 1.